The molecule has 1 aliphatic heterocycles. The minimum absolute atomic E-state index is 0.00943. The number of benzene rings is 1. The van der Waals surface area contributed by atoms with Crippen molar-refractivity contribution in [2.75, 3.05) is 16.8 Å². The van der Waals surface area contributed by atoms with Gasteiger partial charge in [-0.3, -0.25) is 10.1 Å². The largest absolute Gasteiger partial charge is 0.356 e. The number of nitrogens with one attached hydrogen (secondary N) is 2. The normalized spacial score (nSPS) is 23.0. The smallest absolute Gasteiger partial charge is 0.271 e. The quantitative estimate of drug-likeness (QED) is 0.481. The van der Waals surface area contributed by atoms with Gasteiger partial charge in [0.2, 0.25) is 0 Å². The second kappa shape index (κ2) is 5.98. The Bertz CT molecular complexity index is 738. The molecule has 1 saturated heterocycles. The van der Waals surface area contributed by atoms with Crippen molar-refractivity contribution in [1.82, 2.24) is 5.32 Å². The predicted octanol–water partition coefficient (Wildman–Crippen LogP) is 2.11. The Morgan fingerprint density at radius 2 is 2.18 bits per heavy atom. The number of nitrogens with zero attached hydrogens (tertiary/aromatic N) is 1. The molecule has 2 rings (SSSR count). The lowest BCUT2D eigenvalue weighted by molar-refractivity contribution is -0.384. The van der Waals surface area contributed by atoms with Crippen molar-refractivity contribution in [1.29, 1.82) is 0 Å². The average molecular weight is 364 g/mol. The highest BCUT2D eigenvalue weighted by Gasteiger charge is 2.38. The summed E-state index contributed by atoms with van der Waals surface area (Å²) in [4.78, 5) is 10.2. The van der Waals surface area contributed by atoms with E-state index < -0.39 is 20.3 Å². The maximum absolute atomic E-state index is 11.6. The van der Waals surface area contributed by atoms with E-state index in [2.05, 4.69) is 10.6 Å². The summed E-state index contributed by atoms with van der Waals surface area (Å²) in [6.45, 7) is 1.76. The zero-order valence-electron chi connectivity index (χ0n) is 11.6. The first-order valence-corrected chi connectivity index (χ1v) is 8.95. The second-order valence-corrected chi connectivity index (χ2v) is 8.40. The summed E-state index contributed by atoms with van der Waals surface area (Å²) in [5.41, 5.74) is -0.488. The first kappa shape index (κ1) is 16.9. The van der Waals surface area contributed by atoms with Gasteiger partial charge in [-0.15, -0.1) is 0 Å². The highest BCUT2D eigenvalue weighted by molar-refractivity contribution is 7.91. The van der Waals surface area contributed by atoms with Gasteiger partial charge < -0.3 is 10.6 Å². The van der Waals surface area contributed by atoms with Crippen molar-refractivity contribution in [3.63, 3.8) is 0 Å². The molecule has 7 nitrogen and oxygen atoms in total. The Labute approximate surface area is 138 Å². The standard InChI is InChI=1S/C12H14ClN3O4S2/c1-12(4-5-22(19,20)7-12)15-11(21)14-10-6-8(16(17)18)2-3-9(10)13/h2-3,6H,4-5,7H2,1H3,(H2,14,15,21)/t12-/m1/s1. The zero-order valence-corrected chi connectivity index (χ0v) is 14.0. The van der Waals surface area contributed by atoms with E-state index >= 15 is 0 Å². The summed E-state index contributed by atoms with van der Waals surface area (Å²) in [5, 5.41) is 16.9. The molecule has 1 heterocycles. The van der Waals surface area contributed by atoms with E-state index in [1.54, 1.807) is 6.92 Å². The van der Waals surface area contributed by atoms with E-state index in [1.807, 2.05) is 0 Å². The fourth-order valence-corrected chi connectivity index (χ4v) is 4.87. The molecule has 0 spiro atoms. The lowest BCUT2D eigenvalue weighted by Crippen LogP contribution is -2.48. The topological polar surface area (TPSA) is 101 Å². The number of thiocarbonyl (C=S) groups is 1. The summed E-state index contributed by atoms with van der Waals surface area (Å²) in [5.74, 6) is 0.0984. The van der Waals surface area contributed by atoms with Crippen molar-refractivity contribution < 1.29 is 13.3 Å². The highest BCUT2D eigenvalue weighted by Crippen LogP contribution is 2.27. The number of nitro benzene ring substituents is 1. The minimum Gasteiger partial charge on any atom is -0.356 e. The van der Waals surface area contributed by atoms with Crippen LogP contribution in [0, 0.1) is 10.1 Å². The van der Waals surface area contributed by atoms with Gasteiger partial charge in [-0.1, -0.05) is 11.6 Å². The Morgan fingerprint density at radius 3 is 2.73 bits per heavy atom. The van der Waals surface area contributed by atoms with Crippen LogP contribution in [-0.4, -0.2) is 35.5 Å². The number of non-ortho nitro benzene ring substituents is 1. The van der Waals surface area contributed by atoms with Crippen LogP contribution in [0.3, 0.4) is 0 Å². The Hall–Kier alpha value is -1.45. The van der Waals surface area contributed by atoms with E-state index in [9.17, 15) is 18.5 Å². The van der Waals surface area contributed by atoms with Crippen LogP contribution in [0.4, 0.5) is 11.4 Å². The summed E-state index contributed by atoms with van der Waals surface area (Å²) in [7, 11) is -3.06. The van der Waals surface area contributed by atoms with Crippen molar-refractivity contribution in [2.24, 2.45) is 0 Å². The molecule has 0 saturated carbocycles. The van der Waals surface area contributed by atoms with Crippen LogP contribution in [0.5, 0.6) is 0 Å². The molecule has 1 aromatic carbocycles. The van der Waals surface area contributed by atoms with Gasteiger partial charge in [-0.2, -0.15) is 0 Å². The number of sulfone groups is 1. The van der Waals surface area contributed by atoms with E-state index in [-0.39, 0.29) is 33.0 Å². The van der Waals surface area contributed by atoms with Crippen LogP contribution < -0.4 is 10.6 Å². The summed E-state index contributed by atoms with van der Waals surface area (Å²) >= 11 is 11.1. The number of anilines is 1. The number of hydrogen-bond donors (Lipinski definition) is 2. The van der Waals surface area contributed by atoms with Crippen LogP contribution in [0.15, 0.2) is 18.2 Å². The summed E-state index contributed by atoms with van der Waals surface area (Å²) < 4.78 is 23.1. The Kier molecular flexibility index (Phi) is 4.59. The third-order valence-electron chi connectivity index (χ3n) is 3.33. The van der Waals surface area contributed by atoms with E-state index in [0.29, 0.717) is 6.42 Å². The van der Waals surface area contributed by atoms with Crippen molar-refractivity contribution in [2.45, 2.75) is 18.9 Å². The molecule has 0 bridgehead atoms. The van der Waals surface area contributed by atoms with Crippen LogP contribution in [0.1, 0.15) is 13.3 Å². The molecule has 120 valence electrons. The molecule has 1 fully saturated rings. The SMILES string of the molecule is C[C@@]1(NC(=S)Nc2cc([N+](=O)[O-])ccc2Cl)CCS(=O)(=O)C1. The second-order valence-electron chi connectivity index (χ2n) is 5.40. The van der Waals surface area contributed by atoms with E-state index in [4.69, 9.17) is 23.8 Å². The average Bonchev–Trinajstić information content (AvgIpc) is 2.65. The molecule has 1 aromatic rings. The first-order valence-electron chi connectivity index (χ1n) is 6.34. The molecular weight excluding hydrogens is 350 g/mol. The van der Waals surface area contributed by atoms with Gasteiger partial charge in [0.05, 0.1) is 32.7 Å². The Morgan fingerprint density at radius 1 is 1.50 bits per heavy atom. The molecule has 0 amide bonds. The molecular formula is C12H14ClN3O4S2. The maximum atomic E-state index is 11.6. The molecule has 22 heavy (non-hydrogen) atoms. The number of rotatable bonds is 3. The van der Waals surface area contributed by atoms with E-state index in [0.717, 1.165) is 0 Å². The third kappa shape index (κ3) is 4.05. The molecule has 1 atom stereocenters. The lowest BCUT2D eigenvalue weighted by Gasteiger charge is -2.26. The molecule has 2 N–H and O–H groups in total. The van der Waals surface area contributed by atoms with Crippen molar-refractivity contribution in [3.05, 3.63) is 33.3 Å². The molecule has 0 radical (unpaired) electrons. The van der Waals surface area contributed by atoms with Crippen LogP contribution in [0.25, 0.3) is 0 Å². The van der Waals surface area contributed by atoms with Gasteiger partial charge in [0.1, 0.15) is 0 Å². The molecule has 0 unspecified atom stereocenters. The van der Waals surface area contributed by atoms with E-state index in [1.165, 1.54) is 18.2 Å². The number of nitro groups is 1. The van der Waals surface area contributed by atoms with Gasteiger partial charge in [-0.05, 0) is 31.6 Å². The Balaban J connectivity index is 2.10. The van der Waals surface area contributed by atoms with Crippen molar-refractivity contribution >= 4 is 50.1 Å². The van der Waals surface area contributed by atoms with Gasteiger partial charge >= 0.3 is 0 Å². The van der Waals surface area contributed by atoms with Gasteiger partial charge in [0.15, 0.2) is 14.9 Å². The van der Waals surface area contributed by atoms with Crippen LogP contribution >= 0.6 is 23.8 Å². The fraction of sp³-hybridized carbons (Fsp3) is 0.417. The van der Waals surface area contributed by atoms with Gasteiger partial charge in [-0.25, -0.2) is 8.42 Å². The fourth-order valence-electron chi connectivity index (χ4n) is 2.26. The maximum Gasteiger partial charge on any atom is 0.271 e. The van der Waals surface area contributed by atoms with Crippen molar-refractivity contribution in [3.8, 4) is 0 Å². The van der Waals surface area contributed by atoms with Crippen LogP contribution in [0.2, 0.25) is 5.02 Å². The monoisotopic (exact) mass is 363 g/mol. The van der Waals surface area contributed by atoms with Crippen LogP contribution in [-0.2, 0) is 9.84 Å². The summed E-state index contributed by atoms with van der Waals surface area (Å²) in [6.07, 6.45) is 0.444. The molecule has 0 aromatic heterocycles. The first-order chi connectivity index (χ1) is 10.1. The third-order valence-corrected chi connectivity index (χ3v) is 5.76. The van der Waals surface area contributed by atoms with Gasteiger partial charge in [0, 0.05) is 12.1 Å². The minimum atomic E-state index is -3.06. The number of hydrogen-bond acceptors (Lipinski definition) is 5. The van der Waals surface area contributed by atoms with Gasteiger partial charge in [0.25, 0.3) is 5.69 Å². The molecule has 1 aliphatic rings. The molecule has 0 aliphatic carbocycles. The lowest BCUT2D eigenvalue weighted by atomic mass is 10.0. The zero-order chi connectivity index (χ0) is 16.5. The number of halogens is 1. The summed E-state index contributed by atoms with van der Waals surface area (Å²) in [6, 6.07) is 3.95. The molecule has 10 heteroatoms. The predicted molar refractivity (Wildman–Crippen MR) is 89.1 cm³/mol. The highest BCUT2D eigenvalue weighted by atomic mass is 35.5.